The summed E-state index contributed by atoms with van der Waals surface area (Å²) >= 11 is 9.05. The van der Waals surface area contributed by atoms with Gasteiger partial charge < -0.3 is 10.4 Å². The standard InChI is InChI=1S/C14H12ClNO3S2/c15-11-5-1-4-10(14(18)19)13(11)16-12(17)8-20-7-9-3-2-6-21-9/h1-6H,7-8H2,(H,16,17)(H,18,19). The molecule has 0 aliphatic heterocycles. The Morgan fingerprint density at radius 1 is 1.29 bits per heavy atom. The fraction of sp³-hybridized carbons (Fsp3) is 0.143. The Morgan fingerprint density at radius 2 is 2.10 bits per heavy atom. The number of hydrogen-bond acceptors (Lipinski definition) is 4. The van der Waals surface area contributed by atoms with Crippen LogP contribution in [0.15, 0.2) is 35.7 Å². The number of carboxylic acids is 1. The van der Waals surface area contributed by atoms with Gasteiger partial charge >= 0.3 is 5.97 Å². The number of anilines is 1. The number of para-hydroxylation sites is 1. The van der Waals surface area contributed by atoms with Crippen LogP contribution in [-0.4, -0.2) is 22.7 Å². The highest BCUT2D eigenvalue weighted by Crippen LogP contribution is 2.26. The molecular weight excluding hydrogens is 330 g/mol. The molecule has 110 valence electrons. The van der Waals surface area contributed by atoms with Crippen LogP contribution in [0.4, 0.5) is 5.69 Å². The highest BCUT2D eigenvalue weighted by atomic mass is 35.5. The van der Waals surface area contributed by atoms with Crippen molar-refractivity contribution in [2.24, 2.45) is 0 Å². The number of halogens is 1. The lowest BCUT2D eigenvalue weighted by Gasteiger charge is -2.10. The quantitative estimate of drug-likeness (QED) is 0.834. The number of amides is 1. The first-order chi connectivity index (χ1) is 10.1. The summed E-state index contributed by atoms with van der Waals surface area (Å²) in [4.78, 5) is 24.2. The molecule has 1 heterocycles. The van der Waals surface area contributed by atoms with Crippen LogP contribution >= 0.6 is 34.7 Å². The summed E-state index contributed by atoms with van der Waals surface area (Å²) in [7, 11) is 0. The van der Waals surface area contributed by atoms with E-state index >= 15 is 0 Å². The number of thiophene rings is 1. The maximum Gasteiger partial charge on any atom is 0.337 e. The van der Waals surface area contributed by atoms with E-state index in [2.05, 4.69) is 5.32 Å². The van der Waals surface area contributed by atoms with E-state index < -0.39 is 5.97 Å². The molecule has 0 aliphatic rings. The van der Waals surface area contributed by atoms with Crippen molar-refractivity contribution in [2.45, 2.75) is 5.75 Å². The fourth-order valence-electron chi connectivity index (χ4n) is 1.64. The molecule has 2 rings (SSSR count). The molecule has 0 spiro atoms. The third-order valence-electron chi connectivity index (χ3n) is 2.57. The van der Waals surface area contributed by atoms with E-state index in [4.69, 9.17) is 16.7 Å². The highest BCUT2D eigenvalue weighted by molar-refractivity contribution is 7.99. The van der Waals surface area contributed by atoms with Crippen LogP contribution in [0.5, 0.6) is 0 Å². The van der Waals surface area contributed by atoms with Crippen LogP contribution in [0.25, 0.3) is 0 Å². The molecule has 1 amide bonds. The van der Waals surface area contributed by atoms with Gasteiger partial charge in [0.2, 0.25) is 5.91 Å². The molecule has 0 bridgehead atoms. The van der Waals surface area contributed by atoms with Gasteiger partial charge in [0.25, 0.3) is 0 Å². The van der Waals surface area contributed by atoms with Crippen LogP contribution in [0, 0.1) is 0 Å². The number of carbonyl (C=O) groups is 2. The van der Waals surface area contributed by atoms with Gasteiger partial charge in [-0.25, -0.2) is 4.79 Å². The number of hydrogen-bond donors (Lipinski definition) is 2. The first-order valence-corrected chi connectivity index (χ1v) is 8.41. The molecule has 0 fully saturated rings. The number of thioether (sulfide) groups is 1. The lowest BCUT2D eigenvalue weighted by Crippen LogP contribution is -2.17. The Labute approximate surface area is 135 Å². The van der Waals surface area contributed by atoms with E-state index in [0.717, 1.165) is 5.75 Å². The van der Waals surface area contributed by atoms with Gasteiger partial charge in [-0.3, -0.25) is 4.79 Å². The van der Waals surface area contributed by atoms with Gasteiger partial charge in [0.1, 0.15) is 0 Å². The molecule has 21 heavy (non-hydrogen) atoms. The van der Waals surface area contributed by atoms with E-state index in [1.54, 1.807) is 17.4 Å². The molecule has 0 saturated heterocycles. The Morgan fingerprint density at radius 3 is 2.76 bits per heavy atom. The van der Waals surface area contributed by atoms with Crippen LogP contribution in [0.2, 0.25) is 5.02 Å². The SMILES string of the molecule is O=C(CSCc1cccs1)Nc1c(Cl)cccc1C(=O)O. The molecule has 2 aromatic rings. The second-order valence-electron chi connectivity index (χ2n) is 4.09. The molecule has 0 unspecified atom stereocenters. The van der Waals surface area contributed by atoms with Crippen LogP contribution in [0.3, 0.4) is 0 Å². The minimum atomic E-state index is -1.13. The molecule has 0 radical (unpaired) electrons. The van der Waals surface area contributed by atoms with Gasteiger partial charge in [-0.2, -0.15) is 0 Å². The largest absolute Gasteiger partial charge is 0.478 e. The highest BCUT2D eigenvalue weighted by Gasteiger charge is 2.15. The van der Waals surface area contributed by atoms with Crippen molar-refractivity contribution in [3.8, 4) is 0 Å². The summed E-state index contributed by atoms with van der Waals surface area (Å²) < 4.78 is 0. The number of carboxylic acid groups (broad SMARTS) is 1. The molecule has 7 heteroatoms. The van der Waals surface area contributed by atoms with E-state index in [1.807, 2.05) is 17.5 Å². The first-order valence-electron chi connectivity index (χ1n) is 5.99. The summed E-state index contributed by atoms with van der Waals surface area (Å²) in [6.45, 7) is 0. The summed E-state index contributed by atoms with van der Waals surface area (Å²) in [5, 5.41) is 13.9. The molecule has 0 aliphatic carbocycles. The van der Waals surface area contributed by atoms with Gasteiger partial charge in [-0.05, 0) is 23.6 Å². The minimum Gasteiger partial charge on any atom is -0.478 e. The molecular formula is C14H12ClNO3S2. The number of rotatable bonds is 6. The monoisotopic (exact) mass is 341 g/mol. The summed E-state index contributed by atoms with van der Waals surface area (Å²) in [6, 6.07) is 8.45. The van der Waals surface area contributed by atoms with Crippen LogP contribution in [0.1, 0.15) is 15.2 Å². The predicted octanol–water partition coefficient (Wildman–Crippen LogP) is 3.97. The third kappa shape index (κ3) is 4.49. The Balaban J connectivity index is 1.95. The van der Waals surface area contributed by atoms with Crippen molar-refractivity contribution < 1.29 is 14.7 Å². The van der Waals surface area contributed by atoms with Gasteiger partial charge in [0.05, 0.1) is 22.0 Å². The van der Waals surface area contributed by atoms with Crippen molar-refractivity contribution in [3.63, 3.8) is 0 Å². The van der Waals surface area contributed by atoms with Gasteiger partial charge in [0.15, 0.2) is 0 Å². The van der Waals surface area contributed by atoms with Crippen LogP contribution < -0.4 is 5.32 Å². The van der Waals surface area contributed by atoms with E-state index in [-0.39, 0.29) is 27.9 Å². The number of aromatic carboxylic acids is 1. The molecule has 1 aromatic carbocycles. The second-order valence-corrected chi connectivity index (χ2v) is 6.51. The first kappa shape index (κ1) is 15.9. The van der Waals surface area contributed by atoms with Crippen molar-refractivity contribution in [2.75, 3.05) is 11.1 Å². The zero-order valence-corrected chi connectivity index (χ0v) is 13.2. The van der Waals surface area contributed by atoms with Gasteiger partial charge in [0, 0.05) is 10.6 Å². The van der Waals surface area contributed by atoms with Crippen molar-refractivity contribution in [1.29, 1.82) is 0 Å². The Bertz CT molecular complexity index is 644. The van der Waals surface area contributed by atoms with Gasteiger partial charge in [-0.1, -0.05) is 23.7 Å². The van der Waals surface area contributed by atoms with Crippen molar-refractivity contribution >= 4 is 52.3 Å². The average Bonchev–Trinajstić information content (AvgIpc) is 2.94. The molecule has 0 atom stereocenters. The zero-order chi connectivity index (χ0) is 15.2. The molecule has 2 N–H and O–H groups in total. The van der Waals surface area contributed by atoms with Crippen molar-refractivity contribution in [1.82, 2.24) is 0 Å². The summed E-state index contributed by atoms with van der Waals surface area (Å²) in [5.74, 6) is -0.409. The second kappa shape index (κ2) is 7.49. The van der Waals surface area contributed by atoms with Crippen LogP contribution in [-0.2, 0) is 10.5 Å². The third-order valence-corrected chi connectivity index (χ3v) is 4.92. The Hall–Kier alpha value is -1.50. The minimum absolute atomic E-state index is 0.0147. The predicted molar refractivity (Wildman–Crippen MR) is 87.5 cm³/mol. The molecule has 0 saturated carbocycles. The number of nitrogens with one attached hydrogen (secondary N) is 1. The number of benzene rings is 1. The van der Waals surface area contributed by atoms with E-state index in [0.29, 0.717) is 0 Å². The topological polar surface area (TPSA) is 66.4 Å². The maximum atomic E-state index is 11.9. The Kier molecular flexibility index (Phi) is 5.67. The van der Waals surface area contributed by atoms with E-state index in [9.17, 15) is 9.59 Å². The van der Waals surface area contributed by atoms with E-state index in [1.165, 1.54) is 28.8 Å². The average molecular weight is 342 g/mol. The maximum absolute atomic E-state index is 11.9. The molecule has 4 nitrogen and oxygen atoms in total. The smallest absolute Gasteiger partial charge is 0.337 e. The lowest BCUT2D eigenvalue weighted by molar-refractivity contribution is -0.113. The fourth-order valence-corrected chi connectivity index (χ4v) is 3.53. The summed E-state index contributed by atoms with van der Waals surface area (Å²) in [5.41, 5.74) is 0.132. The van der Waals surface area contributed by atoms with Gasteiger partial charge in [-0.15, -0.1) is 23.1 Å². The normalized spacial score (nSPS) is 10.3. The van der Waals surface area contributed by atoms with Crippen molar-refractivity contribution in [3.05, 3.63) is 51.2 Å². The number of carbonyl (C=O) groups excluding carboxylic acids is 1. The summed E-state index contributed by atoms with van der Waals surface area (Å²) in [6.07, 6.45) is 0. The zero-order valence-electron chi connectivity index (χ0n) is 10.8. The molecule has 1 aromatic heterocycles. The lowest BCUT2D eigenvalue weighted by atomic mass is 10.2.